The molecule has 2 aromatic rings. The van der Waals surface area contributed by atoms with Crippen LogP contribution in [0.2, 0.25) is 0 Å². The van der Waals surface area contributed by atoms with Crippen molar-refractivity contribution in [2.75, 3.05) is 0 Å². The molecule has 1 aromatic heterocycles. The van der Waals surface area contributed by atoms with E-state index in [2.05, 4.69) is 47.4 Å². The second-order valence-corrected chi connectivity index (χ2v) is 4.30. The number of nitrogens with one attached hydrogen (secondary N) is 1. The number of rotatable bonds is 4. The summed E-state index contributed by atoms with van der Waals surface area (Å²) in [5.74, 6) is 0.831. The Balaban J connectivity index is 1.92. The molecule has 17 heavy (non-hydrogen) atoms. The molecule has 0 aliphatic rings. The molecule has 1 heterocycles. The summed E-state index contributed by atoms with van der Waals surface area (Å²) in [5, 5.41) is 7.59. The van der Waals surface area contributed by atoms with Gasteiger partial charge in [-0.05, 0) is 30.5 Å². The van der Waals surface area contributed by atoms with Crippen molar-refractivity contribution < 1.29 is 0 Å². The van der Waals surface area contributed by atoms with Gasteiger partial charge in [0.1, 0.15) is 6.33 Å². The quantitative estimate of drug-likeness (QED) is 0.869. The van der Waals surface area contributed by atoms with Crippen LogP contribution in [0.5, 0.6) is 0 Å². The maximum absolute atomic E-state index is 4.22. The maximum Gasteiger partial charge on any atom is 0.164 e. The minimum Gasteiger partial charge on any atom is -0.306 e. The van der Waals surface area contributed by atoms with Crippen LogP contribution in [0.3, 0.4) is 0 Å². The van der Waals surface area contributed by atoms with Gasteiger partial charge in [0.05, 0.1) is 6.54 Å². The molecule has 1 N–H and O–H groups in total. The van der Waals surface area contributed by atoms with Crippen molar-refractivity contribution in [3.63, 3.8) is 0 Å². The molecule has 0 radical (unpaired) electrons. The monoisotopic (exact) mass is 230 g/mol. The minimum absolute atomic E-state index is 0.703. The number of hydrogen-bond donors (Lipinski definition) is 1. The second kappa shape index (κ2) is 5.10. The van der Waals surface area contributed by atoms with Gasteiger partial charge in [-0.1, -0.05) is 18.2 Å². The normalized spacial score (nSPS) is 10.8. The summed E-state index contributed by atoms with van der Waals surface area (Å²) in [5.41, 5.74) is 4.02. The fourth-order valence-corrected chi connectivity index (χ4v) is 1.78. The van der Waals surface area contributed by atoms with Gasteiger partial charge in [0.2, 0.25) is 0 Å². The predicted octanol–water partition coefficient (Wildman–Crippen LogP) is 1.72. The zero-order chi connectivity index (χ0) is 12.3. The number of aryl methyl sites for hydroxylation is 2. The van der Waals surface area contributed by atoms with Crippen LogP contribution in [0, 0.1) is 13.8 Å². The van der Waals surface area contributed by atoms with E-state index >= 15 is 0 Å². The Morgan fingerprint density at radius 3 is 2.76 bits per heavy atom. The molecule has 1 aromatic carbocycles. The number of aromatic nitrogens is 3. The van der Waals surface area contributed by atoms with Crippen molar-refractivity contribution in [1.82, 2.24) is 20.1 Å². The van der Waals surface area contributed by atoms with Gasteiger partial charge >= 0.3 is 0 Å². The van der Waals surface area contributed by atoms with Crippen LogP contribution in [0.15, 0.2) is 24.5 Å². The molecule has 2 rings (SSSR count). The van der Waals surface area contributed by atoms with Gasteiger partial charge < -0.3 is 5.32 Å². The Labute approximate surface area is 102 Å². The minimum atomic E-state index is 0.703. The number of nitrogens with zero attached hydrogens (tertiary/aromatic N) is 3. The predicted molar refractivity (Wildman–Crippen MR) is 67.5 cm³/mol. The summed E-state index contributed by atoms with van der Waals surface area (Å²) in [6, 6.07) is 6.39. The second-order valence-electron chi connectivity index (χ2n) is 4.30. The summed E-state index contributed by atoms with van der Waals surface area (Å²) in [6.07, 6.45) is 1.72. The average molecular weight is 230 g/mol. The molecular formula is C13H18N4. The van der Waals surface area contributed by atoms with Gasteiger partial charge in [-0.3, -0.25) is 4.68 Å². The van der Waals surface area contributed by atoms with E-state index in [1.54, 1.807) is 11.0 Å². The maximum atomic E-state index is 4.22. The molecule has 4 heteroatoms. The fraction of sp³-hybridized carbons (Fsp3) is 0.385. The molecule has 0 fully saturated rings. The van der Waals surface area contributed by atoms with Gasteiger partial charge in [-0.25, -0.2) is 4.98 Å². The topological polar surface area (TPSA) is 42.7 Å². The highest BCUT2D eigenvalue weighted by atomic mass is 15.3. The van der Waals surface area contributed by atoms with Gasteiger partial charge in [-0.2, -0.15) is 5.10 Å². The van der Waals surface area contributed by atoms with Gasteiger partial charge in [0.15, 0.2) is 5.82 Å². The summed E-state index contributed by atoms with van der Waals surface area (Å²) in [7, 11) is 1.88. The van der Waals surface area contributed by atoms with Crippen LogP contribution in [0.25, 0.3) is 0 Å². The highest BCUT2D eigenvalue weighted by molar-refractivity contribution is 5.32. The molecule has 4 nitrogen and oxygen atoms in total. The molecule has 0 amide bonds. The number of benzene rings is 1. The Morgan fingerprint density at radius 2 is 2.06 bits per heavy atom. The van der Waals surface area contributed by atoms with Gasteiger partial charge in [0.25, 0.3) is 0 Å². The van der Waals surface area contributed by atoms with Crippen molar-refractivity contribution in [3.8, 4) is 0 Å². The standard InChI is InChI=1S/C13H18N4/c1-10-5-4-6-12(11(10)2)7-14-8-13-15-9-17(3)16-13/h4-6,9,14H,7-8H2,1-3H3. The Morgan fingerprint density at radius 1 is 1.24 bits per heavy atom. The third-order valence-electron chi connectivity index (χ3n) is 2.96. The van der Waals surface area contributed by atoms with Crippen LogP contribution < -0.4 is 5.32 Å². The molecule has 0 aliphatic carbocycles. The first-order valence-electron chi connectivity index (χ1n) is 5.77. The first-order valence-corrected chi connectivity index (χ1v) is 5.77. The average Bonchev–Trinajstić information content (AvgIpc) is 2.70. The van der Waals surface area contributed by atoms with Crippen molar-refractivity contribution in [1.29, 1.82) is 0 Å². The molecule has 0 saturated carbocycles. The first kappa shape index (κ1) is 11.8. The van der Waals surface area contributed by atoms with Crippen LogP contribution in [-0.4, -0.2) is 14.8 Å². The molecule has 0 atom stereocenters. The Hall–Kier alpha value is -1.68. The summed E-state index contributed by atoms with van der Waals surface area (Å²) in [4.78, 5) is 4.18. The Kier molecular flexibility index (Phi) is 3.54. The lowest BCUT2D eigenvalue weighted by atomic mass is 10.0. The third kappa shape index (κ3) is 2.91. The van der Waals surface area contributed by atoms with E-state index < -0.39 is 0 Å². The van der Waals surface area contributed by atoms with Gasteiger partial charge in [0, 0.05) is 13.6 Å². The van der Waals surface area contributed by atoms with E-state index in [1.807, 2.05) is 7.05 Å². The smallest absolute Gasteiger partial charge is 0.164 e. The van der Waals surface area contributed by atoms with E-state index in [0.29, 0.717) is 6.54 Å². The van der Waals surface area contributed by atoms with E-state index in [-0.39, 0.29) is 0 Å². The number of hydrogen-bond acceptors (Lipinski definition) is 3. The van der Waals surface area contributed by atoms with E-state index in [0.717, 1.165) is 12.4 Å². The van der Waals surface area contributed by atoms with Crippen molar-refractivity contribution in [3.05, 3.63) is 47.0 Å². The van der Waals surface area contributed by atoms with E-state index in [1.165, 1.54) is 16.7 Å². The molecule has 0 aliphatic heterocycles. The molecular weight excluding hydrogens is 212 g/mol. The van der Waals surface area contributed by atoms with Gasteiger partial charge in [-0.15, -0.1) is 0 Å². The third-order valence-corrected chi connectivity index (χ3v) is 2.96. The van der Waals surface area contributed by atoms with Crippen molar-refractivity contribution in [2.24, 2.45) is 7.05 Å². The molecule has 0 unspecified atom stereocenters. The fourth-order valence-electron chi connectivity index (χ4n) is 1.78. The van der Waals surface area contributed by atoms with E-state index in [4.69, 9.17) is 0 Å². The molecule has 0 bridgehead atoms. The van der Waals surface area contributed by atoms with Crippen molar-refractivity contribution >= 4 is 0 Å². The zero-order valence-electron chi connectivity index (χ0n) is 10.6. The highest BCUT2D eigenvalue weighted by Gasteiger charge is 2.01. The largest absolute Gasteiger partial charge is 0.306 e. The molecule has 90 valence electrons. The molecule has 0 saturated heterocycles. The lowest BCUT2D eigenvalue weighted by Crippen LogP contribution is -2.15. The van der Waals surface area contributed by atoms with Crippen LogP contribution >= 0.6 is 0 Å². The van der Waals surface area contributed by atoms with Crippen LogP contribution in [-0.2, 0) is 20.1 Å². The Bertz CT molecular complexity index is 502. The highest BCUT2D eigenvalue weighted by Crippen LogP contribution is 2.12. The van der Waals surface area contributed by atoms with Crippen LogP contribution in [0.4, 0.5) is 0 Å². The zero-order valence-corrected chi connectivity index (χ0v) is 10.6. The van der Waals surface area contributed by atoms with Crippen LogP contribution in [0.1, 0.15) is 22.5 Å². The summed E-state index contributed by atoms with van der Waals surface area (Å²) in [6.45, 7) is 5.85. The SMILES string of the molecule is Cc1cccc(CNCc2ncn(C)n2)c1C. The molecule has 0 spiro atoms. The lowest BCUT2D eigenvalue weighted by Gasteiger charge is -2.08. The van der Waals surface area contributed by atoms with E-state index in [9.17, 15) is 0 Å². The summed E-state index contributed by atoms with van der Waals surface area (Å²) >= 11 is 0. The lowest BCUT2D eigenvalue weighted by molar-refractivity contribution is 0.647. The van der Waals surface area contributed by atoms with Crippen molar-refractivity contribution in [2.45, 2.75) is 26.9 Å². The summed E-state index contributed by atoms with van der Waals surface area (Å²) < 4.78 is 1.72. The first-order chi connectivity index (χ1) is 8.16.